The van der Waals surface area contributed by atoms with Crippen LogP contribution in [0.3, 0.4) is 0 Å². The quantitative estimate of drug-likeness (QED) is 0.783. The minimum Gasteiger partial charge on any atom is -0.495 e. The zero-order chi connectivity index (χ0) is 19.7. The Kier molecular flexibility index (Phi) is 5.65. The van der Waals surface area contributed by atoms with Gasteiger partial charge < -0.3 is 10.1 Å². The highest BCUT2D eigenvalue weighted by Crippen LogP contribution is 2.49. The average Bonchev–Trinajstić information content (AvgIpc) is 3.31. The molecule has 4 rings (SSSR count). The van der Waals surface area contributed by atoms with E-state index in [0.29, 0.717) is 42.8 Å². The Hall–Kier alpha value is -1.60. The molecule has 0 spiro atoms. The van der Waals surface area contributed by atoms with Crippen molar-refractivity contribution in [3.63, 3.8) is 0 Å². The topological polar surface area (TPSA) is 75.7 Å². The molecule has 6 nitrogen and oxygen atoms in total. The van der Waals surface area contributed by atoms with Crippen LogP contribution in [0, 0.1) is 17.8 Å². The first-order valence-corrected chi connectivity index (χ1v) is 11.9. The number of amides is 1. The largest absolute Gasteiger partial charge is 0.495 e. The number of hydrogen-bond acceptors (Lipinski definition) is 4. The smallest absolute Gasteiger partial charge is 0.246 e. The first kappa shape index (κ1) is 19.7. The maximum absolute atomic E-state index is 13.1. The van der Waals surface area contributed by atoms with Crippen molar-refractivity contribution in [3.8, 4) is 5.75 Å². The Balaban J connectivity index is 1.49. The summed E-state index contributed by atoms with van der Waals surface area (Å²) in [7, 11) is -2.17. The Morgan fingerprint density at radius 1 is 1.18 bits per heavy atom. The molecular formula is C21H30N2O4S. The summed E-state index contributed by atoms with van der Waals surface area (Å²) in [5.41, 5.74) is 0.518. The zero-order valence-electron chi connectivity index (χ0n) is 16.5. The van der Waals surface area contributed by atoms with Crippen LogP contribution in [0.1, 0.15) is 51.4 Å². The lowest BCUT2D eigenvalue weighted by atomic mass is 9.86. The third-order valence-electron chi connectivity index (χ3n) is 6.71. The fraction of sp³-hybridized carbons (Fsp3) is 0.667. The zero-order valence-corrected chi connectivity index (χ0v) is 17.3. The Morgan fingerprint density at radius 3 is 2.61 bits per heavy atom. The van der Waals surface area contributed by atoms with E-state index in [-0.39, 0.29) is 10.8 Å². The van der Waals surface area contributed by atoms with Crippen LogP contribution in [0.25, 0.3) is 0 Å². The summed E-state index contributed by atoms with van der Waals surface area (Å²) in [5, 5.41) is 2.92. The first-order chi connectivity index (χ1) is 13.5. The monoisotopic (exact) mass is 406 g/mol. The SMILES string of the molecule is COc1ccc(NC(=O)CC2CC3CCC2C3)cc1S(=O)(=O)N1CCCCC1. The van der Waals surface area contributed by atoms with Gasteiger partial charge in [-0.2, -0.15) is 4.31 Å². The van der Waals surface area contributed by atoms with Gasteiger partial charge in [-0.1, -0.05) is 12.8 Å². The minimum atomic E-state index is -3.64. The van der Waals surface area contributed by atoms with E-state index in [1.54, 1.807) is 18.2 Å². The summed E-state index contributed by atoms with van der Waals surface area (Å²) < 4.78 is 33.0. The molecule has 1 aromatic carbocycles. The standard InChI is InChI=1S/C21H30N2O4S/c1-27-19-8-7-18(14-20(19)28(25,26)23-9-3-2-4-10-23)22-21(24)13-17-12-15-5-6-16(17)11-15/h7-8,14-17H,2-6,9-13H2,1H3,(H,22,24). The first-order valence-electron chi connectivity index (χ1n) is 10.5. The van der Waals surface area contributed by atoms with E-state index in [2.05, 4.69) is 5.32 Å². The van der Waals surface area contributed by atoms with E-state index in [4.69, 9.17) is 4.74 Å². The van der Waals surface area contributed by atoms with Crippen LogP contribution in [-0.4, -0.2) is 38.8 Å². The van der Waals surface area contributed by atoms with Gasteiger partial charge in [-0.3, -0.25) is 4.79 Å². The van der Waals surface area contributed by atoms with Crippen LogP contribution in [0.15, 0.2) is 23.1 Å². The molecule has 1 aromatic rings. The maximum atomic E-state index is 13.1. The van der Waals surface area contributed by atoms with Gasteiger partial charge in [-0.25, -0.2) is 8.42 Å². The maximum Gasteiger partial charge on any atom is 0.246 e. The number of ether oxygens (including phenoxy) is 1. The highest BCUT2D eigenvalue weighted by atomic mass is 32.2. The molecule has 3 unspecified atom stereocenters. The Morgan fingerprint density at radius 2 is 1.96 bits per heavy atom. The molecule has 1 aliphatic heterocycles. The number of sulfonamides is 1. The molecule has 7 heteroatoms. The van der Waals surface area contributed by atoms with Gasteiger partial charge in [0, 0.05) is 25.2 Å². The van der Waals surface area contributed by atoms with Gasteiger partial charge in [0.15, 0.2) is 0 Å². The third-order valence-corrected chi connectivity index (χ3v) is 8.63. The van der Waals surface area contributed by atoms with Gasteiger partial charge in [0.25, 0.3) is 0 Å². The number of carbonyl (C=O) groups excluding carboxylic acids is 1. The summed E-state index contributed by atoms with van der Waals surface area (Å²) in [5.74, 6) is 2.28. The molecule has 3 atom stereocenters. The number of rotatable bonds is 6. The number of hydrogen-bond donors (Lipinski definition) is 1. The Labute approximate surface area is 167 Å². The molecule has 2 bridgehead atoms. The van der Waals surface area contributed by atoms with Crippen molar-refractivity contribution in [2.75, 3.05) is 25.5 Å². The van der Waals surface area contributed by atoms with E-state index in [9.17, 15) is 13.2 Å². The molecule has 154 valence electrons. The van der Waals surface area contributed by atoms with Crippen LogP contribution < -0.4 is 10.1 Å². The van der Waals surface area contributed by atoms with E-state index in [1.165, 1.54) is 30.7 Å². The normalized spacial score (nSPS) is 27.7. The van der Waals surface area contributed by atoms with Crippen molar-refractivity contribution < 1.29 is 17.9 Å². The number of nitrogens with zero attached hydrogens (tertiary/aromatic N) is 1. The lowest BCUT2D eigenvalue weighted by molar-refractivity contribution is -0.117. The van der Waals surface area contributed by atoms with Crippen molar-refractivity contribution >= 4 is 21.6 Å². The number of anilines is 1. The number of carbonyl (C=O) groups is 1. The van der Waals surface area contributed by atoms with E-state index < -0.39 is 10.0 Å². The van der Waals surface area contributed by atoms with Crippen LogP contribution in [0.2, 0.25) is 0 Å². The lowest BCUT2D eigenvalue weighted by Gasteiger charge is -2.26. The van der Waals surface area contributed by atoms with Crippen molar-refractivity contribution in [1.29, 1.82) is 0 Å². The van der Waals surface area contributed by atoms with Gasteiger partial charge >= 0.3 is 0 Å². The molecule has 3 aliphatic rings. The highest BCUT2D eigenvalue weighted by Gasteiger charge is 2.40. The average molecular weight is 407 g/mol. The summed E-state index contributed by atoms with van der Waals surface area (Å²) in [4.78, 5) is 12.7. The summed E-state index contributed by atoms with van der Waals surface area (Å²) in [6.07, 6.45) is 8.35. The number of fused-ring (bicyclic) bond motifs is 2. The predicted molar refractivity (Wildman–Crippen MR) is 108 cm³/mol. The second-order valence-electron chi connectivity index (χ2n) is 8.52. The van der Waals surface area contributed by atoms with Gasteiger partial charge in [0.2, 0.25) is 15.9 Å². The van der Waals surface area contributed by atoms with Crippen molar-refractivity contribution in [3.05, 3.63) is 18.2 Å². The van der Waals surface area contributed by atoms with E-state index >= 15 is 0 Å². The highest BCUT2D eigenvalue weighted by molar-refractivity contribution is 7.89. The number of benzene rings is 1. The molecule has 1 saturated heterocycles. The van der Waals surface area contributed by atoms with Gasteiger partial charge in [0.1, 0.15) is 10.6 Å². The number of piperidine rings is 1. The summed E-state index contributed by atoms with van der Waals surface area (Å²) >= 11 is 0. The second-order valence-corrected chi connectivity index (χ2v) is 10.4. The van der Waals surface area contributed by atoms with E-state index in [0.717, 1.165) is 31.6 Å². The fourth-order valence-electron chi connectivity index (χ4n) is 5.28. The predicted octanol–water partition coefficient (Wildman–Crippen LogP) is 3.63. The summed E-state index contributed by atoms with van der Waals surface area (Å²) in [6.45, 7) is 1.07. The molecule has 2 aliphatic carbocycles. The molecule has 1 N–H and O–H groups in total. The molecular weight excluding hydrogens is 376 g/mol. The van der Waals surface area contributed by atoms with Crippen LogP contribution in [0.5, 0.6) is 5.75 Å². The Bertz CT molecular complexity index is 833. The van der Waals surface area contributed by atoms with Crippen LogP contribution in [-0.2, 0) is 14.8 Å². The lowest BCUT2D eigenvalue weighted by Crippen LogP contribution is -2.35. The van der Waals surface area contributed by atoms with Crippen molar-refractivity contribution in [2.45, 2.75) is 56.3 Å². The number of nitrogens with one attached hydrogen (secondary N) is 1. The van der Waals surface area contributed by atoms with Gasteiger partial charge in [0.05, 0.1) is 7.11 Å². The van der Waals surface area contributed by atoms with Crippen molar-refractivity contribution in [2.24, 2.45) is 17.8 Å². The third kappa shape index (κ3) is 3.92. The molecule has 2 saturated carbocycles. The number of methoxy groups -OCH3 is 1. The molecule has 1 heterocycles. The van der Waals surface area contributed by atoms with Crippen molar-refractivity contribution in [1.82, 2.24) is 4.31 Å². The van der Waals surface area contributed by atoms with Crippen LogP contribution in [0.4, 0.5) is 5.69 Å². The summed E-state index contributed by atoms with van der Waals surface area (Å²) in [6, 6.07) is 4.89. The van der Waals surface area contributed by atoms with Crippen LogP contribution >= 0.6 is 0 Å². The molecule has 28 heavy (non-hydrogen) atoms. The molecule has 0 radical (unpaired) electrons. The second kappa shape index (κ2) is 8.03. The molecule has 1 amide bonds. The minimum absolute atomic E-state index is 0.0240. The van der Waals surface area contributed by atoms with Gasteiger partial charge in [-0.05, 0) is 68.1 Å². The van der Waals surface area contributed by atoms with Gasteiger partial charge in [-0.15, -0.1) is 0 Å². The fourth-order valence-corrected chi connectivity index (χ4v) is 6.98. The van der Waals surface area contributed by atoms with E-state index in [1.807, 2.05) is 0 Å². The molecule has 3 fully saturated rings. The molecule has 0 aromatic heterocycles.